The average Bonchev–Trinajstić information content (AvgIpc) is 2.25. The summed E-state index contributed by atoms with van der Waals surface area (Å²) >= 11 is 0. The van der Waals surface area contributed by atoms with Crippen molar-refractivity contribution in [2.45, 2.75) is 41.5 Å². The van der Waals surface area contributed by atoms with Gasteiger partial charge in [0.25, 0.3) is 0 Å². The lowest BCUT2D eigenvalue weighted by Crippen LogP contribution is -2.49. The van der Waals surface area contributed by atoms with Crippen molar-refractivity contribution in [3.05, 3.63) is 23.7 Å². The summed E-state index contributed by atoms with van der Waals surface area (Å²) in [7, 11) is 0. The Morgan fingerprint density at radius 2 is 1.81 bits per heavy atom. The van der Waals surface area contributed by atoms with Crippen LogP contribution in [0.1, 0.15) is 41.5 Å². The summed E-state index contributed by atoms with van der Waals surface area (Å²) in [6.45, 7) is 13.8. The topological polar surface area (TPSA) is 24.4 Å². The molecule has 0 saturated heterocycles. The Hall–Kier alpha value is -1.05. The first-order valence-corrected chi connectivity index (χ1v) is 6.01. The van der Waals surface area contributed by atoms with Crippen molar-refractivity contribution < 1.29 is 0 Å². The smallest absolute Gasteiger partial charge is 0.0697 e. The molecule has 0 fully saturated rings. The van der Waals surface area contributed by atoms with Gasteiger partial charge in [-0.2, -0.15) is 0 Å². The molecule has 1 aliphatic heterocycles. The van der Waals surface area contributed by atoms with Crippen molar-refractivity contribution in [1.29, 1.82) is 0 Å². The lowest BCUT2D eigenvalue weighted by molar-refractivity contribution is 0.165. The molecule has 2 aliphatic rings. The molecule has 16 heavy (non-hydrogen) atoms. The molecule has 0 aromatic rings. The van der Waals surface area contributed by atoms with Gasteiger partial charge in [-0.1, -0.05) is 34.6 Å². The highest BCUT2D eigenvalue weighted by atomic mass is 15.0. The minimum Gasteiger partial charge on any atom is -0.359 e. The molecular formula is C14H22N2. The second-order valence-electron chi connectivity index (χ2n) is 6.10. The van der Waals surface area contributed by atoms with Crippen molar-refractivity contribution in [3.63, 3.8) is 0 Å². The molecule has 0 aromatic heterocycles. The van der Waals surface area contributed by atoms with Crippen LogP contribution in [0, 0.1) is 16.7 Å². The van der Waals surface area contributed by atoms with E-state index in [-0.39, 0.29) is 10.8 Å². The van der Waals surface area contributed by atoms with E-state index in [0.29, 0.717) is 5.92 Å². The van der Waals surface area contributed by atoms with Crippen molar-refractivity contribution in [1.82, 2.24) is 5.32 Å². The van der Waals surface area contributed by atoms with Crippen LogP contribution < -0.4 is 5.32 Å². The third-order valence-corrected chi connectivity index (χ3v) is 4.86. The number of nitrogens with zero attached hydrogens (tertiary/aromatic N) is 1. The summed E-state index contributed by atoms with van der Waals surface area (Å²) in [4.78, 5) is 4.59. The zero-order valence-corrected chi connectivity index (χ0v) is 11.2. The molecule has 0 amide bonds. The van der Waals surface area contributed by atoms with E-state index >= 15 is 0 Å². The number of fused-ring (bicyclic) bond motifs is 1. The maximum Gasteiger partial charge on any atom is 0.0697 e. The number of aliphatic imine (C=N–C) groups is 1. The Bertz CT molecular complexity index is 408. The molecule has 1 aliphatic carbocycles. The number of rotatable bonds is 0. The van der Waals surface area contributed by atoms with E-state index < -0.39 is 0 Å². The summed E-state index contributed by atoms with van der Waals surface area (Å²) in [6, 6.07) is 0. The van der Waals surface area contributed by atoms with Crippen LogP contribution in [0.15, 0.2) is 28.7 Å². The molecule has 1 atom stereocenters. The lowest BCUT2D eigenvalue weighted by Gasteiger charge is -2.50. The van der Waals surface area contributed by atoms with E-state index in [1.165, 1.54) is 17.0 Å². The van der Waals surface area contributed by atoms with E-state index in [1.54, 1.807) is 0 Å². The van der Waals surface area contributed by atoms with E-state index in [2.05, 4.69) is 51.9 Å². The molecule has 2 rings (SSSR count). The standard InChI is InChI=1S/C14H22N2/c1-9-11-12(16-8-7-15-11)14(5,6)10(2)13(9,3)4/h7-8,10,15H,1-6H3. The van der Waals surface area contributed by atoms with Crippen molar-refractivity contribution in [2.24, 2.45) is 21.7 Å². The molecule has 1 N–H and O–H groups in total. The fourth-order valence-corrected chi connectivity index (χ4v) is 2.89. The fraction of sp³-hybridized carbons (Fsp3) is 0.643. The molecule has 0 bridgehead atoms. The van der Waals surface area contributed by atoms with Crippen LogP contribution >= 0.6 is 0 Å². The molecule has 1 unspecified atom stereocenters. The highest BCUT2D eigenvalue weighted by Crippen LogP contribution is 2.51. The maximum atomic E-state index is 4.59. The van der Waals surface area contributed by atoms with Gasteiger partial charge in [0.15, 0.2) is 0 Å². The van der Waals surface area contributed by atoms with Gasteiger partial charge in [0.1, 0.15) is 0 Å². The molecule has 1 heterocycles. The SMILES string of the molecule is CC1=C2NC=CN=C2C(C)(C)C(C)C1(C)C. The third kappa shape index (κ3) is 1.28. The molecular weight excluding hydrogens is 196 g/mol. The summed E-state index contributed by atoms with van der Waals surface area (Å²) in [5.41, 5.74) is 4.20. The average molecular weight is 218 g/mol. The van der Waals surface area contributed by atoms with Gasteiger partial charge < -0.3 is 5.32 Å². The number of hydrogen-bond donors (Lipinski definition) is 1. The zero-order chi connectivity index (χ0) is 12.1. The molecule has 0 radical (unpaired) electrons. The summed E-state index contributed by atoms with van der Waals surface area (Å²) < 4.78 is 0. The van der Waals surface area contributed by atoms with Crippen molar-refractivity contribution >= 4 is 5.71 Å². The second-order valence-corrected chi connectivity index (χ2v) is 6.10. The van der Waals surface area contributed by atoms with E-state index in [9.17, 15) is 0 Å². The number of nitrogens with one attached hydrogen (secondary N) is 1. The van der Waals surface area contributed by atoms with Crippen molar-refractivity contribution in [2.75, 3.05) is 0 Å². The third-order valence-electron chi connectivity index (χ3n) is 4.86. The van der Waals surface area contributed by atoms with Crippen LogP contribution in [-0.4, -0.2) is 5.71 Å². The molecule has 0 saturated carbocycles. The Balaban J connectivity index is 2.67. The number of hydrogen-bond acceptors (Lipinski definition) is 2. The van der Waals surface area contributed by atoms with Gasteiger partial charge in [-0.25, -0.2) is 0 Å². The summed E-state index contributed by atoms with van der Waals surface area (Å²) in [5.74, 6) is 0.579. The van der Waals surface area contributed by atoms with Crippen LogP contribution in [0.2, 0.25) is 0 Å². The minimum absolute atomic E-state index is 0.121. The molecule has 0 aromatic carbocycles. The first-order valence-electron chi connectivity index (χ1n) is 6.01. The Kier molecular flexibility index (Phi) is 2.30. The van der Waals surface area contributed by atoms with Crippen LogP contribution in [0.25, 0.3) is 0 Å². The van der Waals surface area contributed by atoms with Gasteiger partial charge in [-0.05, 0) is 23.8 Å². The minimum atomic E-state index is 0.121. The summed E-state index contributed by atoms with van der Waals surface area (Å²) in [6.07, 6.45) is 3.78. The second kappa shape index (κ2) is 3.22. The van der Waals surface area contributed by atoms with E-state index in [4.69, 9.17) is 0 Å². The van der Waals surface area contributed by atoms with Gasteiger partial charge in [0, 0.05) is 17.8 Å². The molecule has 2 heteroatoms. The van der Waals surface area contributed by atoms with Crippen LogP contribution in [-0.2, 0) is 0 Å². The Morgan fingerprint density at radius 3 is 2.44 bits per heavy atom. The first-order chi connectivity index (χ1) is 7.29. The van der Waals surface area contributed by atoms with Crippen LogP contribution in [0.3, 0.4) is 0 Å². The normalized spacial score (nSPS) is 30.6. The largest absolute Gasteiger partial charge is 0.359 e. The fourth-order valence-electron chi connectivity index (χ4n) is 2.89. The number of allylic oxidation sites excluding steroid dienone is 2. The van der Waals surface area contributed by atoms with E-state index in [0.717, 1.165) is 0 Å². The van der Waals surface area contributed by atoms with Crippen LogP contribution in [0.4, 0.5) is 0 Å². The highest BCUT2D eigenvalue weighted by Gasteiger charge is 2.48. The van der Waals surface area contributed by atoms with E-state index in [1.807, 2.05) is 12.4 Å². The lowest BCUT2D eigenvalue weighted by atomic mass is 9.56. The molecule has 88 valence electrons. The zero-order valence-electron chi connectivity index (χ0n) is 11.2. The molecule has 2 nitrogen and oxygen atoms in total. The Labute approximate surface area is 98.5 Å². The molecule has 0 spiro atoms. The van der Waals surface area contributed by atoms with Gasteiger partial charge in [0.05, 0.1) is 11.4 Å². The van der Waals surface area contributed by atoms with Gasteiger partial charge in [-0.3, -0.25) is 4.99 Å². The first kappa shape index (κ1) is 11.4. The maximum absolute atomic E-state index is 4.59. The highest BCUT2D eigenvalue weighted by molar-refractivity contribution is 6.06. The predicted octanol–water partition coefficient (Wildman–Crippen LogP) is 3.48. The van der Waals surface area contributed by atoms with Crippen LogP contribution in [0.5, 0.6) is 0 Å². The van der Waals surface area contributed by atoms with Gasteiger partial charge in [0.2, 0.25) is 0 Å². The van der Waals surface area contributed by atoms with Gasteiger partial charge >= 0.3 is 0 Å². The Morgan fingerprint density at radius 1 is 1.19 bits per heavy atom. The quantitative estimate of drug-likeness (QED) is 0.661. The monoisotopic (exact) mass is 218 g/mol. The predicted molar refractivity (Wildman–Crippen MR) is 69.1 cm³/mol. The van der Waals surface area contributed by atoms with Gasteiger partial charge in [-0.15, -0.1) is 0 Å². The summed E-state index contributed by atoms with van der Waals surface area (Å²) in [5, 5.41) is 3.37. The van der Waals surface area contributed by atoms with Crippen molar-refractivity contribution in [3.8, 4) is 0 Å².